The summed E-state index contributed by atoms with van der Waals surface area (Å²) in [6, 6.07) is 9.87. The number of aliphatic hydroxyl groups excluding tert-OH is 1. The van der Waals surface area contributed by atoms with Crippen molar-refractivity contribution in [3.8, 4) is 5.75 Å². The Kier molecular flexibility index (Phi) is 5.67. The Bertz CT molecular complexity index is 347. The van der Waals surface area contributed by atoms with Crippen molar-refractivity contribution in [3.63, 3.8) is 0 Å². The monoisotopic (exact) mass is 263 g/mol. The fourth-order valence-electron chi connectivity index (χ4n) is 2.80. The smallest absolute Gasteiger partial charge is 0.119 e. The molecule has 1 fully saturated rings. The standard InChI is InChI=1S/C16H25NO2/c1-2-17-10-8-14(9-11-17)15(12-18)13-19-16-6-4-3-5-7-16/h3-7,14-15,18H,2,8-13H2,1H3. The molecule has 1 heterocycles. The van der Waals surface area contributed by atoms with Crippen LogP contribution >= 0.6 is 0 Å². The van der Waals surface area contributed by atoms with Gasteiger partial charge in [0.05, 0.1) is 6.61 Å². The summed E-state index contributed by atoms with van der Waals surface area (Å²) in [5, 5.41) is 9.59. The third-order valence-corrected chi connectivity index (χ3v) is 4.19. The number of benzene rings is 1. The van der Waals surface area contributed by atoms with Crippen molar-refractivity contribution in [2.45, 2.75) is 19.8 Å². The second-order valence-electron chi connectivity index (χ2n) is 5.34. The molecule has 1 aromatic carbocycles. The largest absolute Gasteiger partial charge is 0.493 e. The molecule has 1 aliphatic heterocycles. The summed E-state index contributed by atoms with van der Waals surface area (Å²) < 4.78 is 5.79. The number of ether oxygens (including phenoxy) is 1. The first-order chi connectivity index (χ1) is 9.33. The van der Waals surface area contributed by atoms with Crippen molar-refractivity contribution in [1.82, 2.24) is 4.90 Å². The molecule has 1 unspecified atom stereocenters. The van der Waals surface area contributed by atoms with Gasteiger partial charge in [-0.15, -0.1) is 0 Å². The van der Waals surface area contributed by atoms with Crippen LogP contribution in [-0.4, -0.2) is 42.9 Å². The lowest BCUT2D eigenvalue weighted by molar-refractivity contribution is 0.0757. The molecule has 0 radical (unpaired) electrons. The fraction of sp³-hybridized carbons (Fsp3) is 0.625. The average molecular weight is 263 g/mol. The van der Waals surface area contributed by atoms with E-state index in [1.54, 1.807) is 0 Å². The topological polar surface area (TPSA) is 32.7 Å². The Morgan fingerprint density at radius 2 is 1.95 bits per heavy atom. The van der Waals surface area contributed by atoms with E-state index >= 15 is 0 Å². The minimum atomic E-state index is 0.226. The predicted octanol–water partition coefficient (Wildman–Crippen LogP) is 2.41. The Morgan fingerprint density at radius 3 is 2.53 bits per heavy atom. The van der Waals surface area contributed by atoms with Gasteiger partial charge in [-0.2, -0.15) is 0 Å². The second-order valence-corrected chi connectivity index (χ2v) is 5.34. The highest BCUT2D eigenvalue weighted by Crippen LogP contribution is 2.25. The Hall–Kier alpha value is -1.06. The summed E-state index contributed by atoms with van der Waals surface area (Å²) in [4.78, 5) is 2.48. The zero-order chi connectivity index (χ0) is 13.5. The van der Waals surface area contributed by atoms with Crippen LogP contribution in [0.1, 0.15) is 19.8 Å². The molecule has 1 aliphatic rings. The molecular formula is C16H25NO2. The number of hydrogen-bond donors (Lipinski definition) is 1. The Morgan fingerprint density at radius 1 is 1.26 bits per heavy atom. The van der Waals surface area contributed by atoms with E-state index in [2.05, 4.69) is 11.8 Å². The summed E-state index contributed by atoms with van der Waals surface area (Å²) in [6.45, 7) is 6.51. The zero-order valence-electron chi connectivity index (χ0n) is 11.8. The van der Waals surface area contributed by atoms with Gasteiger partial charge >= 0.3 is 0 Å². The van der Waals surface area contributed by atoms with Crippen LogP contribution in [0.2, 0.25) is 0 Å². The van der Waals surface area contributed by atoms with Gasteiger partial charge in [0.1, 0.15) is 5.75 Å². The van der Waals surface area contributed by atoms with Gasteiger partial charge in [-0.3, -0.25) is 0 Å². The van der Waals surface area contributed by atoms with Crippen LogP contribution in [0.4, 0.5) is 0 Å². The number of hydrogen-bond acceptors (Lipinski definition) is 3. The molecule has 3 heteroatoms. The lowest BCUT2D eigenvalue weighted by atomic mass is 9.85. The lowest BCUT2D eigenvalue weighted by Crippen LogP contribution is -2.38. The first-order valence-electron chi connectivity index (χ1n) is 7.34. The zero-order valence-corrected chi connectivity index (χ0v) is 11.8. The average Bonchev–Trinajstić information content (AvgIpc) is 2.49. The number of aliphatic hydroxyl groups is 1. The molecule has 0 saturated carbocycles. The van der Waals surface area contributed by atoms with Crippen molar-refractivity contribution in [1.29, 1.82) is 0 Å². The van der Waals surface area contributed by atoms with E-state index in [0.29, 0.717) is 12.5 Å². The molecule has 0 amide bonds. The summed E-state index contributed by atoms with van der Waals surface area (Å²) in [5.74, 6) is 1.75. The third-order valence-electron chi connectivity index (χ3n) is 4.19. The molecule has 0 bridgehead atoms. The third kappa shape index (κ3) is 4.22. The molecule has 1 atom stereocenters. The maximum atomic E-state index is 9.59. The molecule has 106 valence electrons. The molecular weight excluding hydrogens is 238 g/mol. The Labute approximate surface area is 116 Å². The molecule has 0 spiro atoms. The molecule has 0 aromatic heterocycles. The van der Waals surface area contributed by atoms with Gasteiger partial charge in [0.25, 0.3) is 0 Å². The van der Waals surface area contributed by atoms with E-state index in [1.807, 2.05) is 30.3 Å². The highest BCUT2D eigenvalue weighted by Gasteiger charge is 2.26. The van der Waals surface area contributed by atoms with Crippen molar-refractivity contribution in [2.24, 2.45) is 11.8 Å². The quantitative estimate of drug-likeness (QED) is 0.855. The van der Waals surface area contributed by atoms with Crippen molar-refractivity contribution in [2.75, 3.05) is 32.8 Å². The van der Waals surface area contributed by atoms with Crippen molar-refractivity contribution < 1.29 is 9.84 Å². The highest BCUT2D eigenvalue weighted by atomic mass is 16.5. The van der Waals surface area contributed by atoms with E-state index < -0.39 is 0 Å². The number of nitrogens with zero attached hydrogens (tertiary/aromatic N) is 1. The summed E-state index contributed by atoms with van der Waals surface area (Å²) in [6.07, 6.45) is 2.36. The summed E-state index contributed by atoms with van der Waals surface area (Å²) in [5.41, 5.74) is 0. The van der Waals surface area contributed by atoms with Gasteiger partial charge < -0.3 is 14.7 Å². The van der Waals surface area contributed by atoms with Crippen LogP contribution in [0, 0.1) is 11.8 Å². The molecule has 1 saturated heterocycles. The predicted molar refractivity (Wildman–Crippen MR) is 77.4 cm³/mol. The van der Waals surface area contributed by atoms with E-state index in [0.717, 1.165) is 25.4 Å². The van der Waals surface area contributed by atoms with Gasteiger partial charge in [0.15, 0.2) is 0 Å². The fourth-order valence-corrected chi connectivity index (χ4v) is 2.80. The van der Waals surface area contributed by atoms with Gasteiger partial charge in [0.2, 0.25) is 0 Å². The molecule has 0 aliphatic carbocycles. The number of rotatable bonds is 6. The van der Waals surface area contributed by atoms with Crippen LogP contribution in [0.5, 0.6) is 5.75 Å². The summed E-state index contributed by atoms with van der Waals surface area (Å²) in [7, 11) is 0. The molecule has 1 N–H and O–H groups in total. The summed E-state index contributed by atoms with van der Waals surface area (Å²) >= 11 is 0. The van der Waals surface area contributed by atoms with Gasteiger partial charge in [-0.1, -0.05) is 25.1 Å². The molecule has 1 aromatic rings. The van der Waals surface area contributed by atoms with Gasteiger partial charge in [-0.05, 0) is 50.5 Å². The van der Waals surface area contributed by atoms with E-state index in [9.17, 15) is 5.11 Å². The highest BCUT2D eigenvalue weighted by molar-refractivity contribution is 5.20. The van der Waals surface area contributed by atoms with E-state index in [-0.39, 0.29) is 12.5 Å². The molecule has 2 rings (SSSR count). The van der Waals surface area contributed by atoms with Crippen LogP contribution in [-0.2, 0) is 0 Å². The molecule has 3 nitrogen and oxygen atoms in total. The first kappa shape index (κ1) is 14.4. The van der Waals surface area contributed by atoms with Crippen LogP contribution in [0.3, 0.4) is 0 Å². The SMILES string of the molecule is CCN1CCC(C(CO)COc2ccccc2)CC1. The first-order valence-corrected chi connectivity index (χ1v) is 7.34. The lowest BCUT2D eigenvalue weighted by Gasteiger charge is -2.34. The van der Waals surface area contributed by atoms with E-state index in [1.165, 1.54) is 12.8 Å². The normalized spacial score (nSPS) is 19.3. The number of piperidine rings is 1. The second kappa shape index (κ2) is 7.51. The number of likely N-dealkylation sites (tertiary alicyclic amines) is 1. The van der Waals surface area contributed by atoms with E-state index in [4.69, 9.17) is 4.74 Å². The Balaban J connectivity index is 1.80. The maximum absolute atomic E-state index is 9.59. The maximum Gasteiger partial charge on any atom is 0.119 e. The van der Waals surface area contributed by atoms with Crippen molar-refractivity contribution >= 4 is 0 Å². The van der Waals surface area contributed by atoms with Crippen LogP contribution in [0.15, 0.2) is 30.3 Å². The van der Waals surface area contributed by atoms with Crippen LogP contribution < -0.4 is 4.74 Å². The minimum Gasteiger partial charge on any atom is -0.493 e. The minimum absolute atomic E-state index is 0.226. The number of para-hydroxylation sites is 1. The molecule has 19 heavy (non-hydrogen) atoms. The van der Waals surface area contributed by atoms with Crippen LogP contribution in [0.25, 0.3) is 0 Å². The van der Waals surface area contributed by atoms with Gasteiger partial charge in [-0.25, -0.2) is 0 Å². The van der Waals surface area contributed by atoms with Gasteiger partial charge in [0, 0.05) is 12.5 Å². The van der Waals surface area contributed by atoms with Crippen molar-refractivity contribution in [3.05, 3.63) is 30.3 Å².